The zero-order valence-corrected chi connectivity index (χ0v) is 15.4. The van der Waals surface area contributed by atoms with E-state index in [4.69, 9.17) is 4.74 Å². The van der Waals surface area contributed by atoms with E-state index >= 15 is 0 Å². The molecule has 0 aromatic heterocycles. The van der Waals surface area contributed by atoms with Crippen LogP contribution in [-0.4, -0.2) is 11.8 Å². The van der Waals surface area contributed by atoms with Gasteiger partial charge < -0.3 is 4.74 Å². The van der Waals surface area contributed by atoms with Crippen LogP contribution in [0.5, 0.6) is 0 Å². The molecule has 3 nitrogen and oxygen atoms in total. The maximum absolute atomic E-state index is 12.4. The Morgan fingerprint density at radius 1 is 1.13 bits per heavy atom. The summed E-state index contributed by atoms with van der Waals surface area (Å²) >= 11 is 0. The standard InChI is InChI=1S/C20H30O3/c1-7-9-16-11-10-15(8-2)12-17(16)13-23-19(22)20(5,6)18(21)14(3)4/h10-12,14H,7-9,13H2,1-6H3. The minimum Gasteiger partial charge on any atom is -0.460 e. The highest BCUT2D eigenvalue weighted by Gasteiger charge is 2.38. The van der Waals surface area contributed by atoms with E-state index in [1.807, 2.05) is 0 Å². The van der Waals surface area contributed by atoms with Gasteiger partial charge in [0.15, 0.2) is 5.78 Å². The molecule has 0 aliphatic heterocycles. The van der Waals surface area contributed by atoms with E-state index in [-0.39, 0.29) is 18.3 Å². The smallest absolute Gasteiger partial charge is 0.319 e. The molecule has 0 atom stereocenters. The van der Waals surface area contributed by atoms with Crippen molar-refractivity contribution in [1.82, 2.24) is 0 Å². The highest BCUT2D eigenvalue weighted by molar-refractivity contribution is 6.03. The monoisotopic (exact) mass is 318 g/mol. The van der Waals surface area contributed by atoms with Gasteiger partial charge in [-0.25, -0.2) is 0 Å². The molecular formula is C20H30O3. The van der Waals surface area contributed by atoms with Crippen LogP contribution in [-0.2, 0) is 33.8 Å². The van der Waals surface area contributed by atoms with E-state index < -0.39 is 11.4 Å². The van der Waals surface area contributed by atoms with Gasteiger partial charge in [0.05, 0.1) is 0 Å². The zero-order chi connectivity index (χ0) is 17.6. The van der Waals surface area contributed by atoms with Crippen molar-refractivity contribution in [1.29, 1.82) is 0 Å². The number of esters is 1. The van der Waals surface area contributed by atoms with Crippen LogP contribution in [0.4, 0.5) is 0 Å². The van der Waals surface area contributed by atoms with Crippen LogP contribution < -0.4 is 0 Å². The molecule has 3 heteroatoms. The van der Waals surface area contributed by atoms with Gasteiger partial charge in [-0.05, 0) is 43.4 Å². The predicted octanol–water partition coefficient (Wildman–Crippen LogP) is 4.50. The molecule has 1 aromatic rings. The fraction of sp³-hybridized carbons (Fsp3) is 0.600. The molecule has 0 amide bonds. The van der Waals surface area contributed by atoms with Crippen molar-refractivity contribution in [2.45, 2.75) is 67.4 Å². The molecule has 23 heavy (non-hydrogen) atoms. The second-order valence-electron chi connectivity index (χ2n) is 6.93. The average Bonchev–Trinajstić information content (AvgIpc) is 2.52. The lowest BCUT2D eigenvalue weighted by Gasteiger charge is -2.23. The van der Waals surface area contributed by atoms with Crippen molar-refractivity contribution < 1.29 is 14.3 Å². The summed E-state index contributed by atoms with van der Waals surface area (Å²) in [5.41, 5.74) is 2.40. The van der Waals surface area contributed by atoms with Gasteiger partial charge in [-0.1, -0.05) is 52.3 Å². The van der Waals surface area contributed by atoms with E-state index in [2.05, 4.69) is 32.0 Å². The summed E-state index contributed by atoms with van der Waals surface area (Å²) in [6.45, 7) is 11.4. The molecule has 1 rings (SSSR count). The molecule has 0 aliphatic rings. The largest absolute Gasteiger partial charge is 0.460 e. The van der Waals surface area contributed by atoms with E-state index in [0.717, 1.165) is 24.8 Å². The van der Waals surface area contributed by atoms with Crippen LogP contribution in [0, 0.1) is 11.3 Å². The lowest BCUT2D eigenvalue weighted by molar-refractivity contribution is -0.160. The molecule has 0 heterocycles. The van der Waals surface area contributed by atoms with Gasteiger partial charge in [-0.15, -0.1) is 0 Å². The first-order chi connectivity index (χ1) is 10.7. The summed E-state index contributed by atoms with van der Waals surface area (Å²) in [7, 11) is 0. The lowest BCUT2D eigenvalue weighted by Crippen LogP contribution is -2.37. The quantitative estimate of drug-likeness (QED) is 0.524. The van der Waals surface area contributed by atoms with Gasteiger partial charge in [-0.2, -0.15) is 0 Å². The van der Waals surface area contributed by atoms with Crippen molar-refractivity contribution >= 4 is 11.8 Å². The molecule has 0 spiro atoms. The Morgan fingerprint density at radius 3 is 2.30 bits per heavy atom. The number of hydrogen-bond acceptors (Lipinski definition) is 3. The number of carbonyl (C=O) groups is 2. The Bertz CT molecular complexity index is 556. The van der Waals surface area contributed by atoms with Crippen LogP contribution in [0.25, 0.3) is 0 Å². The third kappa shape index (κ3) is 4.92. The molecule has 0 radical (unpaired) electrons. The first-order valence-electron chi connectivity index (χ1n) is 8.56. The normalized spacial score (nSPS) is 11.6. The van der Waals surface area contributed by atoms with Crippen molar-refractivity contribution in [3.05, 3.63) is 34.9 Å². The van der Waals surface area contributed by atoms with Crippen molar-refractivity contribution in [3.8, 4) is 0 Å². The first-order valence-corrected chi connectivity index (χ1v) is 8.56. The predicted molar refractivity (Wildman–Crippen MR) is 93.2 cm³/mol. The molecule has 0 saturated heterocycles. The Balaban J connectivity index is 2.88. The molecule has 0 fully saturated rings. The molecule has 0 N–H and O–H groups in total. The number of Topliss-reactive ketones (excluding diaryl/α,β-unsaturated/α-hetero) is 1. The number of hydrogen-bond donors (Lipinski definition) is 0. The minimum absolute atomic E-state index is 0.0846. The number of ether oxygens (including phenoxy) is 1. The Hall–Kier alpha value is -1.64. The van der Waals surface area contributed by atoms with Crippen molar-refractivity contribution in [2.75, 3.05) is 0 Å². The van der Waals surface area contributed by atoms with Gasteiger partial charge in [0, 0.05) is 5.92 Å². The maximum atomic E-state index is 12.4. The number of aryl methyl sites for hydroxylation is 2. The molecular weight excluding hydrogens is 288 g/mol. The summed E-state index contributed by atoms with van der Waals surface area (Å²) in [6, 6.07) is 6.36. The number of rotatable bonds is 8. The summed E-state index contributed by atoms with van der Waals surface area (Å²) in [5, 5.41) is 0. The minimum atomic E-state index is -1.10. The number of carbonyl (C=O) groups excluding carboxylic acids is 2. The third-order valence-electron chi connectivity index (χ3n) is 4.21. The van der Waals surface area contributed by atoms with Gasteiger partial charge in [0.2, 0.25) is 0 Å². The van der Waals surface area contributed by atoms with Crippen molar-refractivity contribution in [2.24, 2.45) is 11.3 Å². The Labute approximate surface area is 140 Å². The molecule has 1 aromatic carbocycles. The highest BCUT2D eigenvalue weighted by atomic mass is 16.5. The molecule has 0 unspecified atom stereocenters. The Morgan fingerprint density at radius 2 is 1.78 bits per heavy atom. The van der Waals surface area contributed by atoms with Gasteiger partial charge in [0.1, 0.15) is 12.0 Å². The van der Waals surface area contributed by atoms with Crippen LogP contribution in [0.3, 0.4) is 0 Å². The second kappa shape index (κ2) is 8.28. The van der Waals surface area contributed by atoms with Crippen LogP contribution in [0.15, 0.2) is 18.2 Å². The van der Waals surface area contributed by atoms with E-state index in [1.54, 1.807) is 27.7 Å². The zero-order valence-electron chi connectivity index (χ0n) is 15.4. The molecule has 0 saturated carbocycles. The second-order valence-corrected chi connectivity index (χ2v) is 6.93. The van der Waals surface area contributed by atoms with E-state index in [9.17, 15) is 9.59 Å². The fourth-order valence-electron chi connectivity index (χ4n) is 2.69. The van der Waals surface area contributed by atoms with Gasteiger partial charge >= 0.3 is 5.97 Å². The Kier molecular flexibility index (Phi) is 6.99. The summed E-state index contributed by atoms with van der Waals surface area (Å²) in [4.78, 5) is 24.6. The average molecular weight is 318 g/mol. The number of ketones is 1. The topological polar surface area (TPSA) is 43.4 Å². The molecule has 0 aliphatic carbocycles. The molecule has 128 valence electrons. The van der Waals surface area contributed by atoms with Crippen molar-refractivity contribution in [3.63, 3.8) is 0 Å². The van der Waals surface area contributed by atoms with Crippen LogP contribution >= 0.6 is 0 Å². The van der Waals surface area contributed by atoms with Crippen LogP contribution in [0.2, 0.25) is 0 Å². The lowest BCUT2D eigenvalue weighted by atomic mass is 9.82. The van der Waals surface area contributed by atoms with Gasteiger partial charge in [-0.3, -0.25) is 9.59 Å². The number of benzene rings is 1. The fourth-order valence-corrected chi connectivity index (χ4v) is 2.69. The van der Waals surface area contributed by atoms with E-state index in [0.29, 0.717) is 0 Å². The summed E-state index contributed by atoms with van der Waals surface area (Å²) < 4.78 is 5.49. The third-order valence-corrected chi connectivity index (χ3v) is 4.21. The summed E-state index contributed by atoms with van der Waals surface area (Å²) in [6.07, 6.45) is 2.96. The first kappa shape index (κ1) is 19.4. The van der Waals surface area contributed by atoms with E-state index in [1.165, 1.54) is 11.1 Å². The highest BCUT2D eigenvalue weighted by Crippen LogP contribution is 2.24. The van der Waals surface area contributed by atoms with Crippen LogP contribution in [0.1, 0.15) is 64.7 Å². The SMILES string of the molecule is CCCc1ccc(CC)cc1COC(=O)C(C)(C)C(=O)C(C)C. The van der Waals surface area contributed by atoms with Gasteiger partial charge in [0.25, 0.3) is 0 Å². The maximum Gasteiger partial charge on any atom is 0.319 e. The summed E-state index contributed by atoms with van der Waals surface area (Å²) in [5.74, 6) is -0.712. The molecule has 0 bridgehead atoms.